The highest BCUT2D eigenvalue weighted by Gasteiger charge is 2.26. The zero-order valence-electron chi connectivity index (χ0n) is 8.07. The Morgan fingerprint density at radius 2 is 2.43 bits per heavy atom. The maximum Gasteiger partial charge on any atom is 0.128 e. The van der Waals surface area contributed by atoms with Crippen LogP contribution in [0.2, 0.25) is 5.15 Å². The molecule has 0 bridgehead atoms. The number of hydrogen-bond donors (Lipinski definition) is 2. The van der Waals surface area contributed by atoms with E-state index in [-0.39, 0.29) is 6.10 Å². The van der Waals surface area contributed by atoms with Gasteiger partial charge >= 0.3 is 0 Å². The van der Waals surface area contributed by atoms with Gasteiger partial charge in [-0.15, -0.1) is 0 Å². The van der Waals surface area contributed by atoms with E-state index in [9.17, 15) is 0 Å². The van der Waals surface area contributed by atoms with Crippen molar-refractivity contribution < 1.29 is 5.11 Å². The average molecular weight is 216 g/mol. The van der Waals surface area contributed by atoms with Gasteiger partial charge in [0.15, 0.2) is 0 Å². The van der Waals surface area contributed by atoms with Crippen LogP contribution in [-0.2, 0) is 13.6 Å². The smallest absolute Gasteiger partial charge is 0.128 e. The third-order valence-corrected chi connectivity index (χ3v) is 3.04. The molecule has 0 atom stereocenters. The number of halogens is 1. The molecule has 4 nitrogen and oxygen atoms in total. The molecular weight excluding hydrogens is 202 g/mol. The number of aromatic nitrogens is 2. The fourth-order valence-electron chi connectivity index (χ4n) is 1.58. The largest absolute Gasteiger partial charge is 0.393 e. The van der Waals surface area contributed by atoms with Crippen LogP contribution in [0.25, 0.3) is 0 Å². The molecule has 0 amide bonds. The second-order valence-corrected chi connectivity index (χ2v) is 4.15. The Morgan fingerprint density at radius 1 is 1.71 bits per heavy atom. The van der Waals surface area contributed by atoms with Crippen LogP contribution in [0.5, 0.6) is 0 Å². The Morgan fingerprint density at radius 3 is 2.93 bits per heavy atom. The number of aliphatic hydroxyl groups is 1. The second kappa shape index (κ2) is 3.88. The molecule has 14 heavy (non-hydrogen) atoms. The number of hydrogen-bond acceptors (Lipinski definition) is 3. The highest BCUT2D eigenvalue weighted by atomic mass is 35.5. The van der Waals surface area contributed by atoms with E-state index < -0.39 is 0 Å². The van der Waals surface area contributed by atoms with Crippen molar-refractivity contribution in [1.82, 2.24) is 14.9 Å². The van der Waals surface area contributed by atoms with Crippen molar-refractivity contribution in [3.05, 3.63) is 17.2 Å². The first-order valence-corrected chi connectivity index (χ1v) is 5.12. The first-order valence-electron chi connectivity index (χ1n) is 4.74. The summed E-state index contributed by atoms with van der Waals surface area (Å²) in [5, 5.41) is 13.1. The molecule has 1 aromatic heterocycles. The predicted molar refractivity (Wildman–Crippen MR) is 54.1 cm³/mol. The number of nitrogens with one attached hydrogen (secondary N) is 1. The quantitative estimate of drug-likeness (QED) is 0.780. The zero-order valence-corrected chi connectivity index (χ0v) is 8.83. The minimum Gasteiger partial charge on any atom is -0.393 e. The Hall–Kier alpha value is -0.580. The van der Waals surface area contributed by atoms with Gasteiger partial charge in [-0.3, -0.25) is 0 Å². The number of rotatable bonds is 3. The minimum atomic E-state index is -0.113. The Labute approximate surface area is 87.9 Å². The molecule has 2 rings (SSSR count). The molecule has 1 aliphatic carbocycles. The summed E-state index contributed by atoms with van der Waals surface area (Å²) in [6, 6.07) is 0.431. The summed E-state index contributed by atoms with van der Waals surface area (Å²) >= 11 is 5.85. The molecule has 1 fully saturated rings. The van der Waals surface area contributed by atoms with E-state index in [0.29, 0.717) is 17.7 Å². The van der Waals surface area contributed by atoms with Crippen molar-refractivity contribution >= 4 is 11.6 Å². The van der Waals surface area contributed by atoms with Gasteiger partial charge in [-0.25, -0.2) is 4.98 Å². The highest BCUT2D eigenvalue weighted by Crippen LogP contribution is 2.19. The predicted octanol–water partition coefficient (Wildman–Crippen LogP) is 0.686. The van der Waals surface area contributed by atoms with Gasteiger partial charge in [0.1, 0.15) is 11.0 Å². The van der Waals surface area contributed by atoms with Gasteiger partial charge in [0, 0.05) is 13.1 Å². The molecule has 0 aliphatic heterocycles. The minimum absolute atomic E-state index is 0.113. The van der Waals surface area contributed by atoms with Crippen molar-refractivity contribution in [2.45, 2.75) is 31.5 Å². The van der Waals surface area contributed by atoms with E-state index in [1.807, 2.05) is 11.6 Å². The first-order chi connectivity index (χ1) is 6.66. The summed E-state index contributed by atoms with van der Waals surface area (Å²) in [7, 11) is 1.89. The van der Waals surface area contributed by atoms with Crippen LogP contribution in [0.1, 0.15) is 18.7 Å². The standard InChI is InChI=1S/C9H14ClN3O/c1-13-8(10)4-12-9(13)5-11-6-2-7(14)3-6/h4,6-7,11,14H,2-3,5H2,1H3. The molecule has 0 spiro atoms. The van der Waals surface area contributed by atoms with Crippen molar-refractivity contribution in [2.24, 2.45) is 7.05 Å². The number of aliphatic hydroxyl groups excluding tert-OH is 1. The molecule has 0 saturated heterocycles. The molecule has 0 radical (unpaired) electrons. The van der Waals surface area contributed by atoms with Gasteiger partial charge in [-0.2, -0.15) is 0 Å². The lowest BCUT2D eigenvalue weighted by Crippen LogP contribution is -2.44. The van der Waals surface area contributed by atoms with E-state index in [1.54, 1.807) is 6.20 Å². The maximum absolute atomic E-state index is 9.09. The maximum atomic E-state index is 9.09. The van der Waals surface area contributed by atoms with Gasteiger partial charge in [0.25, 0.3) is 0 Å². The molecule has 5 heteroatoms. The van der Waals surface area contributed by atoms with Crippen molar-refractivity contribution in [2.75, 3.05) is 0 Å². The number of imidazole rings is 1. The lowest BCUT2D eigenvalue weighted by Gasteiger charge is -2.32. The average Bonchev–Trinajstić information content (AvgIpc) is 2.41. The third-order valence-electron chi connectivity index (χ3n) is 2.69. The van der Waals surface area contributed by atoms with Crippen LogP contribution < -0.4 is 5.32 Å². The van der Waals surface area contributed by atoms with Crippen LogP contribution in [0.3, 0.4) is 0 Å². The van der Waals surface area contributed by atoms with Crippen LogP contribution >= 0.6 is 11.6 Å². The van der Waals surface area contributed by atoms with Gasteiger partial charge < -0.3 is 15.0 Å². The van der Waals surface area contributed by atoms with Crippen molar-refractivity contribution in [3.8, 4) is 0 Å². The van der Waals surface area contributed by atoms with E-state index in [2.05, 4.69) is 10.3 Å². The monoisotopic (exact) mass is 215 g/mol. The molecule has 78 valence electrons. The highest BCUT2D eigenvalue weighted by molar-refractivity contribution is 6.29. The van der Waals surface area contributed by atoms with Crippen LogP contribution in [0.4, 0.5) is 0 Å². The lowest BCUT2D eigenvalue weighted by molar-refractivity contribution is 0.0616. The Bertz CT molecular complexity index is 320. The zero-order chi connectivity index (χ0) is 10.1. The van der Waals surface area contributed by atoms with E-state index >= 15 is 0 Å². The van der Waals surface area contributed by atoms with E-state index in [4.69, 9.17) is 16.7 Å². The normalized spacial score (nSPS) is 26.2. The topological polar surface area (TPSA) is 50.1 Å². The Balaban J connectivity index is 1.83. The summed E-state index contributed by atoms with van der Waals surface area (Å²) in [4.78, 5) is 4.17. The third kappa shape index (κ3) is 1.92. The summed E-state index contributed by atoms with van der Waals surface area (Å²) in [6.45, 7) is 0.709. The lowest BCUT2D eigenvalue weighted by atomic mass is 9.89. The van der Waals surface area contributed by atoms with Crippen LogP contribution in [-0.4, -0.2) is 26.8 Å². The molecule has 0 aromatic carbocycles. The summed E-state index contributed by atoms with van der Waals surface area (Å²) in [6.07, 6.45) is 3.22. The van der Waals surface area contributed by atoms with Crippen molar-refractivity contribution in [1.29, 1.82) is 0 Å². The fraction of sp³-hybridized carbons (Fsp3) is 0.667. The molecular formula is C9H14ClN3O. The fourth-order valence-corrected chi connectivity index (χ4v) is 1.72. The van der Waals surface area contributed by atoms with Crippen molar-refractivity contribution in [3.63, 3.8) is 0 Å². The summed E-state index contributed by atoms with van der Waals surface area (Å²) in [5.74, 6) is 0.927. The van der Waals surface area contributed by atoms with E-state index in [0.717, 1.165) is 18.7 Å². The van der Waals surface area contributed by atoms with Gasteiger partial charge in [0.05, 0.1) is 18.8 Å². The molecule has 1 saturated carbocycles. The molecule has 2 N–H and O–H groups in total. The summed E-state index contributed by atoms with van der Waals surface area (Å²) < 4.78 is 1.85. The van der Waals surface area contributed by atoms with Crippen LogP contribution in [0.15, 0.2) is 6.20 Å². The molecule has 1 aromatic rings. The molecule has 1 aliphatic rings. The van der Waals surface area contributed by atoms with Gasteiger partial charge in [0.2, 0.25) is 0 Å². The molecule has 1 heterocycles. The second-order valence-electron chi connectivity index (χ2n) is 3.76. The van der Waals surface area contributed by atoms with E-state index in [1.165, 1.54) is 0 Å². The molecule has 0 unspecified atom stereocenters. The Kier molecular flexibility index (Phi) is 2.76. The summed E-state index contributed by atoms with van der Waals surface area (Å²) in [5.41, 5.74) is 0. The van der Waals surface area contributed by atoms with Gasteiger partial charge in [-0.1, -0.05) is 11.6 Å². The number of nitrogens with zero attached hydrogens (tertiary/aromatic N) is 2. The van der Waals surface area contributed by atoms with Crippen LogP contribution in [0, 0.1) is 0 Å². The SMILES string of the molecule is Cn1c(Cl)cnc1CNC1CC(O)C1. The van der Waals surface area contributed by atoms with Gasteiger partial charge in [-0.05, 0) is 12.8 Å². The first kappa shape index (κ1) is 9.96.